The molecule has 0 saturated heterocycles. The van der Waals surface area contributed by atoms with Crippen LogP contribution in [0.15, 0.2) is 48.0 Å². The molecule has 3 aromatic rings. The molecule has 0 atom stereocenters. The van der Waals surface area contributed by atoms with Gasteiger partial charge in [0.05, 0.1) is 24.5 Å². The van der Waals surface area contributed by atoms with Gasteiger partial charge in [-0.05, 0) is 24.3 Å². The minimum Gasteiger partial charge on any atom is -0.490 e. The minimum absolute atomic E-state index is 0.485. The van der Waals surface area contributed by atoms with E-state index in [1.54, 1.807) is 12.3 Å². The maximum Gasteiger partial charge on any atom is 0.168 e. The van der Waals surface area contributed by atoms with Crippen molar-refractivity contribution in [2.75, 3.05) is 13.2 Å². The molecule has 0 unspecified atom stereocenters. The number of fused-ring (bicyclic) bond motifs is 1. The van der Waals surface area contributed by atoms with Crippen molar-refractivity contribution >= 4 is 23.0 Å². The predicted molar refractivity (Wildman–Crippen MR) is 101 cm³/mol. The molecule has 1 aromatic carbocycles. The number of allylic oxidation sites excluding steroid dienone is 1. The first-order valence-corrected chi connectivity index (χ1v) is 9.11. The molecule has 0 aliphatic carbocycles. The maximum absolute atomic E-state index is 9.64. The van der Waals surface area contributed by atoms with E-state index in [1.165, 1.54) is 11.3 Å². The lowest BCUT2D eigenvalue weighted by Crippen LogP contribution is -1.98. The van der Waals surface area contributed by atoms with E-state index in [2.05, 4.69) is 16.0 Å². The van der Waals surface area contributed by atoms with Crippen molar-refractivity contribution in [1.29, 1.82) is 5.26 Å². The lowest BCUT2D eigenvalue weighted by molar-refractivity contribution is 0.296. The first-order chi connectivity index (χ1) is 12.8. The van der Waals surface area contributed by atoms with E-state index in [-0.39, 0.29) is 0 Å². The van der Waals surface area contributed by atoms with Gasteiger partial charge < -0.3 is 9.47 Å². The zero-order valence-corrected chi connectivity index (χ0v) is 14.7. The Morgan fingerprint density at radius 2 is 2.04 bits per heavy atom. The SMILES string of the molecule is N#C/C(=C/c1cccc2c1OCCCO2)c1nc(-c2ccccn2)cs1. The van der Waals surface area contributed by atoms with E-state index in [1.807, 2.05) is 41.8 Å². The average molecular weight is 361 g/mol. The average Bonchev–Trinajstić information content (AvgIpc) is 3.05. The second-order valence-corrected chi connectivity index (χ2v) is 6.51. The second kappa shape index (κ2) is 7.38. The molecule has 0 N–H and O–H groups in total. The summed E-state index contributed by atoms with van der Waals surface area (Å²) in [6.45, 7) is 1.23. The van der Waals surface area contributed by atoms with Crippen LogP contribution in [0.3, 0.4) is 0 Å². The van der Waals surface area contributed by atoms with Crippen molar-refractivity contribution in [2.24, 2.45) is 0 Å². The highest BCUT2D eigenvalue weighted by Gasteiger charge is 2.15. The number of benzene rings is 1. The normalized spacial score (nSPS) is 13.7. The van der Waals surface area contributed by atoms with Crippen LogP contribution in [0, 0.1) is 11.3 Å². The Balaban J connectivity index is 1.71. The molecule has 0 radical (unpaired) electrons. The molecule has 1 aliphatic heterocycles. The van der Waals surface area contributed by atoms with Gasteiger partial charge >= 0.3 is 0 Å². The number of para-hydroxylation sites is 1. The zero-order valence-electron chi connectivity index (χ0n) is 13.9. The number of nitriles is 1. The van der Waals surface area contributed by atoms with Crippen molar-refractivity contribution in [3.05, 3.63) is 58.5 Å². The van der Waals surface area contributed by atoms with Crippen molar-refractivity contribution in [3.63, 3.8) is 0 Å². The van der Waals surface area contributed by atoms with E-state index in [4.69, 9.17) is 9.47 Å². The van der Waals surface area contributed by atoms with Crippen LogP contribution in [0.2, 0.25) is 0 Å². The Labute approximate surface area is 155 Å². The topological polar surface area (TPSA) is 68.0 Å². The van der Waals surface area contributed by atoms with Gasteiger partial charge in [-0.3, -0.25) is 4.98 Å². The van der Waals surface area contributed by atoms with Crippen LogP contribution < -0.4 is 9.47 Å². The fourth-order valence-electron chi connectivity index (χ4n) is 2.66. The first kappa shape index (κ1) is 16.3. The van der Waals surface area contributed by atoms with Crippen LogP contribution in [-0.4, -0.2) is 23.2 Å². The smallest absolute Gasteiger partial charge is 0.168 e. The van der Waals surface area contributed by atoms with Gasteiger partial charge in [-0.1, -0.05) is 18.2 Å². The second-order valence-electron chi connectivity index (χ2n) is 5.65. The third-order valence-electron chi connectivity index (χ3n) is 3.88. The van der Waals surface area contributed by atoms with Gasteiger partial charge in [0.2, 0.25) is 0 Å². The van der Waals surface area contributed by atoms with E-state index in [0.29, 0.717) is 35.3 Å². The van der Waals surface area contributed by atoms with Gasteiger partial charge in [0, 0.05) is 23.6 Å². The number of aromatic nitrogens is 2. The number of rotatable bonds is 3. The van der Waals surface area contributed by atoms with Crippen molar-refractivity contribution in [2.45, 2.75) is 6.42 Å². The minimum atomic E-state index is 0.485. The largest absolute Gasteiger partial charge is 0.490 e. The van der Waals surface area contributed by atoms with Gasteiger partial charge in [-0.25, -0.2) is 4.98 Å². The standard InChI is InChI=1S/C20H15N3O2S/c21-12-15(20-23-17(13-26-20)16-6-1-2-8-22-16)11-14-5-3-7-18-19(14)25-10-4-9-24-18/h1-3,5-8,11,13H,4,9-10H2/b15-11-. The van der Waals surface area contributed by atoms with Crippen molar-refractivity contribution in [3.8, 4) is 29.0 Å². The third-order valence-corrected chi connectivity index (χ3v) is 4.76. The van der Waals surface area contributed by atoms with Crippen LogP contribution in [0.4, 0.5) is 0 Å². The molecule has 0 spiro atoms. The molecule has 0 saturated carbocycles. The van der Waals surface area contributed by atoms with E-state index in [0.717, 1.165) is 23.4 Å². The molecule has 0 fully saturated rings. The number of pyridine rings is 1. The molecule has 2 aromatic heterocycles. The van der Waals surface area contributed by atoms with Gasteiger partial charge in [0.25, 0.3) is 0 Å². The summed E-state index contributed by atoms with van der Waals surface area (Å²) in [4.78, 5) is 8.88. The zero-order chi connectivity index (χ0) is 17.8. The highest BCUT2D eigenvalue weighted by Crippen LogP contribution is 2.36. The molecule has 6 heteroatoms. The van der Waals surface area contributed by atoms with Gasteiger partial charge in [0.15, 0.2) is 11.5 Å². The summed E-state index contributed by atoms with van der Waals surface area (Å²) in [7, 11) is 0. The van der Waals surface area contributed by atoms with Crippen LogP contribution in [0.5, 0.6) is 11.5 Å². The Morgan fingerprint density at radius 3 is 2.88 bits per heavy atom. The fraction of sp³-hybridized carbons (Fsp3) is 0.150. The number of hydrogen-bond donors (Lipinski definition) is 0. The van der Waals surface area contributed by atoms with E-state index < -0.39 is 0 Å². The van der Waals surface area contributed by atoms with Crippen LogP contribution in [-0.2, 0) is 0 Å². The quantitative estimate of drug-likeness (QED) is 0.646. The molecule has 128 valence electrons. The summed E-state index contributed by atoms with van der Waals surface area (Å²) in [5, 5.41) is 12.2. The molecule has 26 heavy (non-hydrogen) atoms. The number of ether oxygens (including phenoxy) is 2. The highest BCUT2D eigenvalue weighted by molar-refractivity contribution is 7.11. The summed E-state index contributed by atoms with van der Waals surface area (Å²) < 4.78 is 11.5. The van der Waals surface area contributed by atoms with E-state index in [9.17, 15) is 5.26 Å². The molecule has 3 heterocycles. The molecule has 4 rings (SSSR count). The molecule has 0 amide bonds. The van der Waals surface area contributed by atoms with E-state index >= 15 is 0 Å². The Hall–Kier alpha value is -3.17. The Kier molecular flexibility index (Phi) is 4.63. The van der Waals surface area contributed by atoms with Crippen LogP contribution >= 0.6 is 11.3 Å². The van der Waals surface area contributed by atoms with Crippen LogP contribution in [0.1, 0.15) is 17.0 Å². The molecule has 0 bridgehead atoms. The van der Waals surface area contributed by atoms with Crippen LogP contribution in [0.25, 0.3) is 23.0 Å². The fourth-order valence-corrected chi connectivity index (χ4v) is 3.44. The van der Waals surface area contributed by atoms with Gasteiger partial charge in [0.1, 0.15) is 16.8 Å². The summed E-state index contributed by atoms with van der Waals surface area (Å²) >= 11 is 1.42. The Bertz CT molecular complexity index is 990. The summed E-state index contributed by atoms with van der Waals surface area (Å²) in [5.74, 6) is 1.39. The first-order valence-electron chi connectivity index (χ1n) is 8.23. The summed E-state index contributed by atoms with van der Waals surface area (Å²) in [6.07, 6.45) is 4.36. The van der Waals surface area contributed by atoms with Crippen molar-refractivity contribution in [1.82, 2.24) is 9.97 Å². The summed E-state index contributed by atoms with van der Waals surface area (Å²) in [6, 6.07) is 13.6. The summed E-state index contributed by atoms with van der Waals surface area (Å²) in [5.41, 5.74) is 2.85. The lowest BCUT2D eigenvalue weighted by Gasteiger charge is -2.10. The van der Waals surface area contributed by atoms with Crippen molar-refractivity contribution < 1.29 is 9.47 Å². The molecular formula is C20H15N3O2S. The van der Waals surface area contributed by atoms with Gasteiger partial charge in [-0.2, -0.15) is 5.26 Å². The third kappa shape index (κ3) is 3.30. The highest BCUT2D eigenvalue weighted by atomic mass is 32.1. The lowest BCUT2D eigenvalue weighted by atomic mass is 10.1. The maximum atomic E-state index is 9.64. The molecular weight excluding hydrogens is 346 g/mol. The number of nitrogens with zero attached hydrogens (tertiary/aromatic N) is 3. The monoisotopic (exact) mass is 361 g/mol. The predicted octanol–water partition coefficient (Wildman–Crippen LogP) is 4.43. The molecule has 1 aliphatic rings. The Morgan fingerprint density at radius 1 is 1.12 bits per heavy atom. The number of thiazole rings is 1. The number of hydrogen-bond acceptors (Lipinski definition) is 6. The molecule has 5 nitrogen and oxygen atoms in total. The van der Waals surface area contributed by atoms with Gasteiger partial charge in [-0.15, -0.1) is 11.3 Å².